The van der Waals surface area contributed by atoms with Crippen LogP contribution >= 0.6 is 22.9 Å². The minimum atomic E-state index is -0.460. The summed E-state index contributed by atoms with van der Waals surface area (Å²) >= 11 is 7.24. The Bertz CT molecular complexity index is 1180. The van der Waals surface area contributed by atoms with Gasteiger partial charge in [-0.1, -0.05) is 29.8 Å². The molecule has 0 radical (unpaired) electrons. The number of phenols is 1. The van der Waals surface area contributed by atoms with Crippen molar-refractivity contribution in [2.24, 2.45) is 0 Å². The Morgan fingerprint density at radius 1 is 1.07 bits per heavy atom. The standard InChI is InChI=1S/C21H14ClNO3S/c1-11-6-14(22)9-15(20(11)26)17(24)10-18(25)19-8-13-7-12-4-2-3-5-16(12)23-21(13)27-19/h2-9,26H,10H2,1H3. The minimum Gasteiger partial charge on any atom is -0.507 e. The number of thiophene rings is 1. The van der Waals surface area contributed by atoms with Crippen molar-refractivity contribution in [2.75, 3.05) is 0 Å². The first-order valence-corrected chi connectivity index (χ1v) is 9.46. The Balaban J connectivity index is 1.65. The lowest BCUT2D eigenvalue weighted by atomic mass is 10.0. The molecule has 0 aliphatic rings. The van der Waals surface area contributed by atoms with Crippen LogP contribution in [0, 0.1) is 6.92 Å². The van der Waals surface area contributed by atoms with Gasteiger partial charge >= 0.3 is 0 Å². The fraction of sp³-hybridized carbons (Fsp3) is 0.0952. The molecule has 0 unspecified atom stereocenters. The molecule has 6 heteroatoms. The number of benzene rings is 2. The first kappa shape index (κ1) is 17.6. The van der Waals surface area contributed by atoms with Crippen LogP contribution in [0.15, 0.2) is 48.5 Å². The van der Waals surface area contributed by atoms with Crippen LogP contribution in [0.25, 0.3) is 21.1 Å². The average Bonchev–Trinajstić information content (AvgIpc) is 3.05. The summed E-state index contributed by atoms with van der Waals surface area (Å²) in [5.41, 5.74) is 1.43. The summed E-state index contributed by atoms with van der Waals surface area (Å²) in [6.45, 7) is 1.65. The number of rotatable bonds is 4. The number of hydrogen-bond donors (Lipinski definition) is 1. The third-order valence-corrected chi connectivity index (χ3v) is 5.68. The molecule has 0 amide bonds. The lowest BCUT2D eigenvalue weighted by Gasteiger charge is -2.06. The maximum absolute atomic E-state index is 12.6. The van der Waals surface area contributed by atoms with Gasteiger partial charge in [-0.3, -0.25) is 9.59 Å². The summed E-state index contributed by atoms with van der Waals surface area (Å²) in [6.07, 6.45) is -0.334. The Hall–Kier alpha value is -2.76. The number of carbonyl (C=O) groups excluding carboxylic acids is 2. The van der Waals surface area contributed by atoms with Crippen molar-refractivity contribution in [3.05, 3.63) is 69.6 Å². The number of carbonyl (C=O) groups is 2. The van der Waals surface area contributed by atoms with E-state index in [4.69, 9.17) is 11.6 Å². The van der Waals surface area contributed by atoms with Gasteiger partial charge in [-0.2, -0.15) is 0 Å². The van der Waals surface area contributed by atoms with Crippen molar-refractivity contribution in [3.8, 4) is 5.75 Å². The smallest absolute Gasteiger partial charge is 0.180 e. The highest BCUT2D eigenvalue weighted by Gasteiger charge is 2.20. The molecule has 4 nitrogen and oxygen atoms in total. The topological polar surface area (TPSA) is 67.3 Å². The molecule has 0 aliphatic carbocycles. The number of aryl methyl sites for hydroxylation is 1. The number of nitrogens with zero attached hydrogens (tertiary/aromatic N) is 1. The van der Waals surface area contributed by atoms with Crippen LogP contribution in [0.1, 0.15) is 32.0 Å². The van der Waals surface area contributed by atoms with Crippen LogP contribution in [0.5, 0.6) is 5.75 Å². The molecule has 0 saturated heterocycles. The highest BCUT2D eigenvalue weighted by Crippen LogP contribution is 2.30. The third kappa shape index (κ3) is 3.31. The Morgan fingerprint density at radius 2 is 1.85 bits per heavy atom. The Kier molecular flexibility index (Phi) is 4.42. The number of ketones is 2. The number of aromatic nitrogens is 1. The van der Waals surface area contributed by atoms with Crippen LogP contribution < -0.4 is 0 Å². The minimum absolute atomic E-state index is 0.0679. The van der Waals surface area contributed by atoms with Gasteiger partial charge in [0.2, 0.25) is 0 Å². The van der Waals surface area contributed by atoms with Gasteiger partial charge < -0.3 is 5.11 Å². The molecule has 134 valence electrons. The van der Waals surface area contributed by atoms with Crippen LogP contribution in [-0.4, -0.2) is 21.7 Å². The highest BCUT2D eigenvalue weighted by molar-refractivity contribution is 7.20. The van der Waals surface area contributed by atoms with Crippen molar-refractivity contribution in [3.63, 3.8) is 0 Å². The van der Waals surface area contributed by atoms with Crippen LogP contribution in [0.4, 0.5) is 0 Å². The highest BCUT2D eigenvalue weighted by atomic mass is 35.5. The number of halogens is 1. The van der Waals surface area contributed by atoms with Gasteiger partial charge in [0.15, 0.2) is 11.6 Å². The molecule has 0 saturated carbocycles. The number of Topliss-reactive ketones (excluding diaryl/α,β-unsaturated/α-hetero) is 2. The molecule has 27 heavy (non-hydrogen) atoms. The number of aromatic hydroxyl groups is 1. The Labute approximate surface area is 164 Å². The van der Waals surface area contributed by atoms with E-state index >= 15 is 0 Å². The van der Waals surface area contributed by atoms with Crippen molar-refractivity contribution < 1.29 is 14.7 Å². The zero-order chi connectivity index (χ0) is 19.1. The maximum Gasteiger partial charge on any atom is 0.180 e. The molecule has 0 atom stereocenters. The van der Waals surface area contributed by atoms with Gasteiger partial charge in [-0.05, 0) is 42.8 Å². The number of hydrogen-bond acceptors (Lipinski definition) is 5. The molecular weight excluding hydrogens is 382 g/mol. The predicted molar refractivity (Wildman–Crippen MR) is 108 cm³/mol. The monoisotopic (exact) mass is 395 g/mol. The molecule has 0 bridgehead atoms. The van der Waals surface area contributed by atoms with Crippen molar-refractivity contribution in [2.45, 2.75) is 13.3 Å². The first-order chi connectivity index (χ1) is 12.9. The molecule has 4 aromatic rings. The van der Waals surface area contributed by atoms with E-state index in [2.05, 4.69) is 4.98 Å². The molecule has 1 N–H and O–H groups in total. The summed E-state index contributed by atoms with van der Waals surface area (Å²) in [6, 6.07) is 14.4. The van der Waals surface area contributed by atoms with Gasteiger partial charge in [0.1, 0.15) is 10.6 Å². The van der Waals surface area contributed by atoms with E-state index in [0.717, 1.165) is 21.1 Å². The molecular formula is C21H14ClNO3S. The average molecular weight is 396 g/mol. The Morgan fingerprint density at radius 3 is 2.67 bits per heavy atom. The molecule has 0 aliphatic heterocycles. The fourth-order valence-electron chi connectivity index (χ4n) is 2.99. The van der Waals surface area contributed by atoms with E-state index in [0.29, 0.717) is 15.5 Å². The number of fused-ring (bicyclic) bond motifs is 2. The fourth-order valence-corrected chi connectivity index (χ4v) is 4.22. The van der Waals surface area contributed by atoms with Crippen molar-refractivity contribution in [1.29, 1.82) is 0 Å². The first-order valence-electron chi connectivity index (χ1n) is 8.27. The largest absolute Gasteiger partial charge is 0.507 e. The second kappa shape index (κ2) is 6.76. The number of para-hydroxylation sites is 1. The second-order valence-corrected chi connectivity index (χ2v) is 7.80. The predicted octanol–water partition coefficient (Wildman–Crippen LogP) is 5.57. The van der Waals surface area contributed by atoms with Gasteiger partial charge in [0, 0.05) is 15.8 Å². The van der Waals surface area contributed by atoms with Gasteiger partial charge in [0.05, 0.1) is 22.4 Å². The molecule has 2 heterocycles. The van der Waals surface area contributed by atoms with E-state index in [1.165, 1.54) is 17.4 Å². The SMILES string of the molecule is Cc1cc(Cl)cc(C(=O)CC(=O)c2cc3cc4ccccc4nc3s2)c1O. The van der Waals surface area contributed by atoms with E-state index < -0.39 is 5.78 Å². The van der Waals surface area contributed by atoms with E-state index in [1.54, 1.807) is 19.1 Å². The van der Waals surface area contributed by atoms with Crippen LogP contribution in [-0.2, 0) is 0 Å². The molecule has 2 aromatic carbocycles. The number of phenolic OH excluding ortho intramolecular Hbond substituents is 1. The van der Waals surface area contributed by atoms with E-state index in [9.17, 15) is 14.7 Å². The maximum atomic E-state index is 12.6. The van der Waals surface area contributed by atoms with Crippen LogP contribution in [0.3, 0.4) is 0 Å². The second-order valence-electron chi connectivity index (χ2n) is 6.33. The van der Waals surface area contributed by atoms with E-state index in [-0.39, 0.29) is 23.5 Å². The molecule has 2 aromatic heterocycles. The lowest BCUT2D eigenvalue weighted by molar-refractivity contribution is 0.0895. The quantitative estimate of drug-likeness (QED) is 0.362. The van der Waals surface area contributed by atoms with Gasteiger partial charge in [-0.25, -0.2) is 4.98 Å². The zero-order valence-electron chi connectivity index (χ0n) is 14.3. The van der Waals surface area contributed by atoms with Crippen LogP contribution in [0.2, 0.25) is 5.02 Å². The third-order valence-electron chi connectivity index (χ3n) is 4.37. The summed E-state index contributed by atoms with van der Waals surface area (Å²) in [5, 5.41) is 12.3. The normalized spacial score (nSPS) is 11.2. The van der Waals surface area contributed by atoms with Crippen molar-refractivity contribution >= 4 is 55.6 Å². The van der Waals surface area contributed by atoms with Gasteiger partial charge in [0.25, 0.3) is 0 Å². The van der Waals surface area contributed by atoms with Gasteiger partial charge in [-0.15, -0.1) is 11.3 Å². The molecule has 4 rings (SSSR count). The lowest BCUT2D eigenvalue weighted by Crippen LogP contribution is -2.08. The number of pyridine rings is 1. The summed E-state index contributed by atoms with van der Waals surface area (Å²) in [4.78, 5) is 30.9. The zero-order valence-corrected chi connectivity index (χ0v) is 15.9. The summed E-state index contributed by atoms with van der Waals surface area (Å²) < 4.78 is 0. The summed E-state index contributed by atoms with van der Waals surface area (Å²) in [5.74, 6) is -0.899. The molecule has 0 spiro atoms. The van der Waals surface area contributed by atoms with E-state index in [1.807, 2.05) is 30.3 Å². The summed E-state index contributed by atoms with van der Waals surface area (Å²) in [7, 11) is 0. The molecule has 0 fully saturated rings. The van der Waals surface area contributed by atoms with Crippen molar-refractivity contribution in [1.82, 2.24) is 4.98 Å².